The first-order valence-corrected chi connectivity index (χ1v) is 6.04. The minimum atomic E-state index is -1.27. The molecule has 0 fully saturated rings. The Labute approximate surface area is 112 Å². The third kappa shape index (κ3) is 3.32. The van der Waals surface area contributed by atoms with Crippen LogP contribution >= 0.6 is 0 Å². The van der Waals surface area contributed by atoms with Crippen LogP contribution in [0.15, 0.2) is 18.2 Å². The molecule has 5 nitrogen and oxygen atoms in total. The Morgan fingerprint density at radius 2 is 1.95 bits per heavy atom. The first kappa shape index (κ1) is 15.2. The Morgan fingerprint density at radius 1 is 1.32 bits per heavy atom. The van der Waals surface area contributed by atoms with E-state index in [0.717, 1.165) is 5.56 Å². The summed E-state index contributed by atoms with van der Waals surface area (Å²) in [6, 6.07) is 3.99. The van der Waals surface area contributed by atoms with Gasteiger partial charge in [-0.05, 0) is 30.7 Å². The van der Waals surface area contributed by atoms with E-state index >= 15 is 0 Å². The number of benzene rings is 1. The Kier molecular flexibility index (Phi) is 5.06. The molecule has 0 radical (unpaired) electrons. The lowest BCUT2D eigenvalue weighted by Gasteiger charge is -2.15. The van der Waals surface area contributed by atoms with Crippen molar-refractivity contribution in [3.05, 3.63) is 29.3 Å². The number of hydrogen-bond donors (Lipinski definition) is 2. The second kappa shape index (κ2) is 6.33. The standard InChI is InChI=1S/C14H19NO4/c1-8(2)9-5-6-11(19-4)10(7-9)13(16)12(15-3)14(17)18/h5-8,12,15H,1-4H3,(H,17,18). The molecule has 0 bridgehead atoms. The Balaban J connectivity index is 3.26. The number of ether oxygens (including phenoxy) is 1. The number of carboxylic acids is 1. The van der Waals surface area contributed by atoms with E-state index in [1.54, 1.807) is 12.1 Å². The van der Waals surface area contributed by atoms with Crippen molar-refractivity contribution >= 4 is 11.8 Å². The molecule has 0 spiro atoms. The molecule has 0 aliphatic carbocycles. The number of likely N-dealkylation sites (N-methyl/N-ethyl adjacent to an activating group) is 1. The van der Waals surface area contributed by atoms with E-state index in [9.17, 15) is 9.59 Å². The van der Waals surface area contributed by atoms with Crippen LogP contribution in [0.4, 0.5) is 0 Å². The summed E-state index contributed by atoms with van der Waals surface area (Å²) in [4.78, 5) is 23.3. The van der Waals surface area contributed by atoms with Gasteiger partial charge in [-0.2, -0.15) is 0 Å². The molecule has 19 heavy (non-hydrogen) atoms. The summed E-state index contributed by atoms with van der Waals surface area (Å²) in [5.74, 6) is -1.08. The van der Waals surface area contributed by atoms with Crippen molar-refractivity contribution in [3.8, 4) is 5.75 Å². The second-order valence-electron chi connectivity index (χ2n) is 4.54. The lowest BCUT2D eigenvalue weighted by atomic mass is 9.96. The van der Waals surface area contributed by atoms with Gasteiger partial charge in [0.25, 0.3) is 0 Å². The number of methoxy groups -OCH3 is 1. The van der Waals surface area contributed by atoms with Gasteiger partial charge in [0.2, 0.25) is 0 Å². The smallest absolute Gasteiger partial charge is 0.328 e. The van der Waals surface area contributed by atoms with Gasteiger partial charge >= 0.3 is 5.97 Å². The van der Waals surface area contributed by atoms with Gasteiger partial charge in [0.05, 0.1) is 12.7 Å². The topological polar surface area (TPSA) is 75.6 Å². The van der Waals surface area contributed by atoms with Gasteiger partial charge in [0.1, 0.15) is 5.75 Å². The summed E-state index contributed by atoms with van der Waals surface area (Å²) in [5.41, 5.74) is 1.25. The highest BCUT2D eigenvalue weighted by molar-refractivity contribution is 6.13. The van der Waals surface area contributed by atoms with Crippen LogP contribution in [-0.2, 0) is 4.79 Å². The number of aliphatic carboxylic acids is 1. The van der Waals surface area contributed by atoms with Crippen molar-refractivity contribution in [1.29, 1.82) is 0 Å². The van der Waals surface area contributed by atoms with Crippen LogP contribution in [0.3, 0.4) is 0 Å². The lowest BCUT2D eigenvalue weighted by Crippen LogP contribution is -2.41. The molecule has 1 aromatic rings. The Morgan fingerprint density at radius 3 is 2.37 bits per heavy atom. The first-order chi connectivity index (χ1) is 8.92. The molecule has 1 atom stereocenters. The zero-order valence-electron chi connectivity index (χ0n) is 11.6. The van der Waals surface area contributed by atoms with Gasteiger partial charge in [-0.15, -0.1) is 0 Å². The SMILES string of the molecule is CNC(C(=O)O)C(=O)c1cc(C(C)C)ccc1OC. The van der Waals surface area contributed by atoms with E-state index in [-0.39, 0.29) is 11.5 Å². The summed E-state index contributed by atoms with van der Waals surface area (Å²) >= 11 is 0. The molecule has 1 unspecified atom stereocenters. The summed E-state index contributed by atoms with van der Waals surface area (Å²) in [6.07, 6.45) is 0. The number of rotatable bonds is 6. The monoisotopic (exact) mass is 265 g/mol. The number of carbonyl (C=O) groups excluding carboxylic acids is 1. The molecule has 0 saturated heterocycles. The fraction of sp³-hybridized carbons (Fsp3) is 0.429. The van der Waals surface area contributed by atoms with Crippen molar-refractivity contribution in [1.82, 2.24) is 5.32 Å². The van der Waals surface area contributed by atoms with Crippen molar-refractivity contribution in [2.45, 2.75) is 25.8 Å². The van der Waals surface area contributed by atoms with Crippen LogP contribution < -0.4 is 10.1 Å². The minimum absolute atomic E-state index is 0.246. The Bertz CT molecular complexity index is 482. The average molecular weight is 265 g/mol. The molecule has 0 heterocycles. The fourth-order valence-corrected chi connectivity index (χ4v) is 1.80. The number of carbonyl (C=O) groups is 2. The van der Waals surface area contributed by atoms with E-state index in [4.69, 9.17) is 9.84 Å². The highest BCUT2D eigenvalue weighted by Crippen LogP contribution is 2.25. The van der Waals surface area contributed by atoms with Crippen molar-refractivity contribution < 1.29 is 19.4 Å². The summed E-state index contributed by atoms with van der Waals surface area (Å²) in [7, 11) is 2.89. The number of Topliss-reactive ketones (excluding diaryl/α,β-unsaturated/α-hetero) is 1. The lowest BCUT2D eigenvalue weighted by molar-refractivity contribution is -0.137. The quantitative estimate of drug-likeness (QED) is 0.604. The molecule has 0 saturated carbocycles. The molecule has 0 aromatic heterocycles. The molecule has 104 valence electrons. The average Bonchev–Trinajstić information content (AvgIpc) is 2.38. The molecular weight excluding hydrogens is 246 g/mol. The number of hydrogen-bond acceptors (Lipinski definition) is 4. The molecule has 0 amide bonds. The zero-order valence-corrected chi connectivity index (χ0v) is 11.6. The maximum absolute atomic E-state index is 12.2. The van der Waals surface area contributed by atoms with Gasteiger partial charge < -0.3 is 15.2 Å². The predicted molar refractivity (Wildman–Crippen MR) is 71.9 cm³/mol. The van der Waals surface area contributed by atoms with Gasteiger partial charge in [-0.3, -0.25) is 9.59 Å². The summed E-state index contributed by atoms with van der Waals surface area (Å²) in [6.45, 7) is 4.01. The van der Waals surface area contributed by atoms with Gasteiger partial charge in [0.15, 0.2) is 11.8 Å². The molecule has 5 heteroatoms. The maximum Gasteiger partial charge on any atom is 0.328 e. The highest BCUT2D eigenvalue weighted by atomic mass is 16.5. The number of nitrogens with one attached hydrogen (secondary N) is 1. The van der Waals surface area contributed by atoms with Crippen molar-refractivity contribution in [2.75, 3.05) is 14.2 Å². The van der Waals surface area contributed by atoms with E-state index in [2.05, 4.69) is 5.32 Å². The predicted octanol–water partition coefficient (Wildman–Crippen LogP) is 1.67. The van der Waals surface area contributed by atoms with E-state index in [0.29, 0.717) is 5.75 Å². The Hall–Kier alpha value is -1.88. The fourth-order valence-electron chi connectivity index (χ4n) is 1.80. The van der Waals surface area contributed by atoms with Crippen LogP contribution in [-0.4, -0.2) is 37.1 Å². The van der Waals surface area contributed by atoms with E-state index in [1.807, 2.05) is 19.9 Å². The first-order valence-electron chi connectivity index (χ1n) is 6.04. The van der Waals surface area contributed by atoms with Gasteiger partial charge in [0, 0.05) is 0 Å². The van der Waals surface area contributed by atoms with E-state index < -0.39 is 17.8 Å². The van der Waals surface area contributed by atoms with Gasteiger partial charge in [-0.25, -0.2) is 0 Å². The second-order valence-corrected chi connectivity index (χ2v) is 4.54. The largest absolute Gasteiger partial charge is 0.496 e. The molecule has 1 aromatic carbocycles. The zero-order chi connectivity index (χ0) is 14.6. The van der Waals surface area contributed by atoms with Gasteiger partial charge in [-0.1, -0.05) is 19.9 Å². The minimum Gasteiger partial charge on any atom is -0.496 e. The van der Waals surface area contributed by atoms with Crippen molar-refractivity contribution in [3.63, 3.8) is 0 Å². The van der Waals surface area contributed by atoms with Crippen LogP contribution in [0.5, 0.6) is 5.75 Å². The molecule has 0 aliphatic rings. The summed E-state index contributed by atoms with van der Waals surface area (Å²) in [5, 5.41) is 11.5. The molecule has 0 aliphatic heterocycles. The number of carboxylic acid groups (broad SMARTS) is 1. The van der Waals surface area contributed by atoms with Crippen molar-refractivity contribution in [2.24, 2.45) is 0 Å². The van der Waals surface area contributed by atoms with Crippen LogP contribution in [0.2, 0.25) is 0 Å². The normalized spacial score (nSPS) is 12.3. The molecular formula is C14H19NO4. The third-order valence-corrected chi connectivity index (χ3v) is 2.95. The summed E-state index contributed by atoms with van der Waals surface area (Å²) < 4.78 is 5.13. The van der Waals surface area contributed by atoms with E-state index in [1.165, 1.54) is 14.2 Å². The maximum atomic E-state index is 12.2. The van der Waals surface area contributed by atoms with Crippen LogP contribution in [0, 0.1) is 0 Å². The van der Waals surface area contributed by atoms with Crippen LogP contribution in [0.25, 0.3) is 0 Å². The van der Waals surface area contributed by atoms with Crippen LogP contribution in [0.1, 0.15) is 35.7 Å². The number of ketones is 1. The third-order valence-electron chi connectivity index (χ3n) is 2.95. The highest BCUT2D eigenvalue weighted by Gasteiger charge is 2.28. The molecule has 2 N–H and O–H groups in total. The molecule has 1 rings (SSSR count).